The fourth-order valence-electron chi connectivity index (χ4n) is 2.98. The molecule has 1 heterocycles. The number of carbonyl (C=O) groups excluding carboxylic acids is 2. The highest BCUT2D eigenvalue weighted by atomic mass is 32.2. The maximum atomic E-state index is 12.7. The number of anilines is 2. The molecule has 0 spiro atoms. The number of sulfone groups is 1. The molecule has 31 heavy (non-hydrogen) atoms. The van der Waals surface area contributed by atoms with Crippen LogP contribution in [0.3, 0.4) is 0 Å². The van der Waals surface area contributed by atoms with Crippen molar-refractivity contribution >= 4 is 33.0 Å². The van der Waals surface area contributed by atoms with E-state index in [4.69, 9.17) is 18.9 Å². The second kappa shape index (κ2) is 9.13. The lowest BCUT2D eigenvalue weighted by Gasteiger charge is -2.18. The summed E-state index contributed by atoms with van der Waals surface area (Å²) in [6.45, 7) is -0.125. The van der Waals surface area contributed by atoms with Crippen LogP contribution in [0.2, 0.25) is 0 Å². The number of hydrogen-bond donors (Lipinski definition) is 2. The molecule has 10 nitrogen and oxygen atoms in total. The zero-order valence-electron chi connectivity index (χ0n) is 17.2. The largest absolute Gasteiger partial charge is 0.493 e. The highest BCUT2D eigenvalue weighted by molar-refractivity contribution is 7.91. The highest BCUT2D eigenvalue weighted by Gasteiger charge is 2.22. The second-order valence-electron chi connectivity index (χ2n) is 6.53. The lowest BCUT2D eigenvalue weighted by Crippen LogP contribution is -2.25. The molecule has 0 saturated heterocycles. The van der Waals surface area contributed by atoms with Gasteiger partial charge in [-0.05, 0) is 18.2 Å². The van der Waals surface area contributed by atoms with Crippen LogP contribution < -0.4 is 29.6 Å². The minimum atomic E-state index is -3.77. The quantitative estimate of drug-likeness (QED) is 0.623. The topological polar surface area (TPSA) is 129 Å². The van der Waals surface area contributed by atoms with Gasteiger partial charge in [0.05, 0.1) is 37.7 Å². The highest BCUT2D eigenvalue weighted by Crippen LogP contribution is 2.40. The summed E-state index contributed by atoms with van der Waals surface area (Å²) in [6.07, 6.45) is -0.279. The van der Waals surface area contributed by atoms with Crippen LogP contribution in [0.25, 0.3) is 0 Å². The average molecular weight is 450 g/mol. The van der Waals surface area contributed by atoms with Gasteiger partial charge in [0.2, 0.25) is 11.7 Å². The summed E-state index contributed by atoms with van der Waals surface area (Å²) < 4.78 is 46.2. The number of nitrogens with one attached hydrogen (secondary N) is 2. The molecule has 0 fully saturated rings. The maximum Gasteiger partial charge on any atom is 0.262 e. The Hall–Kier alpha value is -3.47. The van der Waals surface area contributed by atoms with Crippen LogP contribution in [-0.2, 0) is 19.4 Å². The van der Waals surface area contributed by atoms with Crippen molar-refractivity contribution in [2.75, 3.05) is 44.3 Å². The number of carbonyl (C=O) groups is 2. The molecule has 2 aromatic rings. The minimum absolute atomic E-state index is 0.0161. The molecule has 0 unspecified atom stereocenters. The van der Waals surface area contributed by atoms with Crippen LogP contribution in [0.1, 0.15) is 6.42 Å². The van der Waals surface area contributed by atoms with Gasteiger partial charge in [-0.15, -0.1) is 0 Å². The Bertz CT molecular complexity index is 1090. The fraction of sp³-hybridized carbons (Fsp3) is 0.300. The first-order chi connectivity index (χ1) is 14.8. The lowest BCUT2D eigenvalue weighted by molar-refractivity contribution is -0.118. The number of hydrogen-bond acceptors (Lipinski definition) is 8. The first-order valence-corrected chi connectivity index (χ1v) is 10.8. The number of methoxy groups -OCH3 is 3. The van der Waals surface area contributed by atoms with E-state index in [1.54, 1.807) is 12.1 Å². The van der Waals surface area contributed by atoms with Crippen LogP contribution in [0.15, 0.2) is 35.2 Å². The minimum Gasteiger partial charge on any atom is -0.493 e. The van der Waals surface area contributed by atoms with Gasteiger partial charge < -0.3 is 29.6 Å². The zero-order chi connectivity index (χ0) is 22.6. The summed E-state index contributed by atoms with van der Waals surface area (Å²) >= 11 is 0. The molecular weight excluding hydrogens is 428 g/mol. The molecule has 1 aliphatic rings. The molecule has 166 valence electrons. The van der Waals surface area contributed by atoms with Crippen LogP contribution in [0.5, 0.6) is 23.0 Å². The van der Waals surface area contributed by atoms with Gasteiger partial charge in [0.25, 0.3) is 5.91 Å². The summed E-state index contributed by atoms with van der Waals surface area (Å²) in [6, 6.07) is 7.25. The van der Waals surface area contributed by atoms with E-state index in [1.807, 2.05) is 0 Å². The first kappa shape index (κ1) is 22.2. The van der Waals surface area contributed by atoms with Crippen molar-refractivity contribution in [3.63, 3.8) is 0 Å². The zero-order valence-corrected chi connectivity index (χ0v) is 18.0. The summed E-state index contributed by atoms with van der Waals surface area (Å²) in [5, 5.41) is 5.19. The van der Waals surface area contributed by atoms with Gasteiger partial charge in [-0.2, -0.15) is 0 Å². The monoisotopic (exact) mass is 450 g/mol. The van der Waals surface area contributed by atoms with Gasteiger partial charge in [0, 0.05) is 24.2 Å². The summed E-state index contributed by atoms with van der Waals surface area (Å²) in [5.74, 6) is 0.162. The molecule has 0 radical (unpaired) electrons. The Balaban J connectivity index is 1.69. The third-order valence-corrected chi connectivity index (χ3v) is 6.20. The van der Waals surface area contributed by atoms with Gasteiger partial charge >= 0.3 is 0 Å². The smallest absolute Gasteiger partial charge is 0.262 e. The SMILES string of the molecule is COc1cc(NC(=O)CCS(=O)(=O)c2ccc3c(c2)NC(=O)CO3)cc(OC)c1OC. The number of ether oxygens (including phenoxy) is 4. The molecule has 0 atom stereocenters. The van der Waals surface area contributed by atoms with E-state index in [0.717, 1.165) is 0 Å². The Morgan fingerprint density at radius 2 is 1.77 bits per heavy atom. The average Bonchev–Trinajstić information content (AvgIpc) is 2.76. The molecule has 2 aromatic carbocycles. The summed E-state index contributed by atoms with van der Waals surface area (Å²) in [4.78, 5) is 23.8. The molecule has 2 amide bonds. The predicted octanol–water partition coefficient (Wildman–Crippen LogP) is 1.85. The molecule has 0 aliphatic carbocycles. The number of benzene rings is 2. The molecule has 2 N–H and O–H groups in total. The molecule has 1 aliphatic heterocycles. The van der Waals surface area contributed by atoms with Crippen molar-refractivity contribution in [3.05, 3.63) is 30.3 Å². The van der Waals surface area contributed by atoms with E-state index in [2.05, 4.69) is 10.6 Å². The van der Waals surface area contributed by atoms with Crippen molar-refractivity contribution in [3.8, 4) is 23.0 Å². The standard InChI is InChI=1S/C20H22N2O8S/c1-27-16-8-12(9-17(28-2)20(16)29-3)21-18(23)6-7-31(25,26)13-4-5-15-14(10-13)22-19(24)11-30-15/h4-5,8-10H,6-7,11H2,1-3H3,(H,21,23)(H,22,24). The Morgan fingerprint density at radius 3 is 2.39 bits per heavy atom. The van der Waals surface area contributed by atoms with Gasteiger partial charge in [0.1, 0.15) is 5.75 Å². The van der Waals surface area contributed by atoms with Crippen LogP contribution in [-0.4, -0.2) is 53.9 Å². The summed E-state index contributed by atoms with van der Waals surface area (Å²) in [7, 11) is 0.580. The van der Waals surface area contributed by atoms with Crippen LogP contribution in [0.4, 0.5) is 11.4 Å². The molecule has 3 rings (SSSR count). The lowest BCUT2D eigenvalue weighted by atomic mass is 10.2. The summed E-state index contributed by atoms with van der Waals surface area (Å²) in [5.41, 5.74) is 0.643. The molecular formula is C20H22N2O8S. The molecule has 0 aromatic heterocycles. The van der Waals surface area contributed by atoms with E-state index in [0.29, 0.717) is 28.7 Å². The van der Waals surface area contributed by atoms with Gasteiger partial charge in [-0.1, -0.05) is 0 Å². The first-order valence-electron chi connectivity index (χ1n) is 9.16. The van der Waals surface area contributed by atoms with Crippen molar-refractivity contribution in [1.82, 2.24) is 0 Å². The van der Waals surface area contributed by atoms with Gasteiger partial charge in [-0.3, -0.25) is 9.59 Å². The van der Waals surface area contributed by atoms with Crippen molar-refractivity contribution in [2.24, 2.45) is 0 Å². The van der Waals surface area contributed by atoms with Crippen molar-refractivity contribution in [1.29, 1.82) is 0 Å². The number of rotatable bonds is 8. The Morgan fingerprint density at radius 1 is 1.10 bits per heavy atom. The normalized spacial score (nSPS) is 12.8. The van der Waals surface area contributed by atoms with Crippen LogP contribution >= 0.6 is 0 Å². The van der Waals surface area contributed by atoms with E-state index in [-0.39, 0.29) is 29.5 Å². The van der Waals surface area contributed by atoms with E-state index in [9.17, 15) is 18.0 Å². The van der Waals surface area contributed by atoms with Crippen molar-refractivity contribution < 1.29 is 37.0 Å². The fourth-order valence-corrected chi connectivity index (χ4v) is 4.24. The van der Waals surface area contributed by atoms with Crippen LogP contribution in [0, 0.1) is 0 Å². The predicted molar refractivity (Wildman–Crippen MR) is 112 cm³/mol. The number of amides is 2. The maximum absolute atomic E-state index is 12.7. The Labute approximate surface area is 179 Å². The molecule has 0 saturated carbocycles. The van der Waals surface area contributed by atoms with E-state index < -0.39 is 21.5 Å². The molecule has 11 heteroatoms. The van der Waals surface area contributed by atoms with Gasteiger partial charge in [-0.25, -0.2) is 8.42 Å². The number of fused-ring (bicyclic) bond motifs is 1. The molecule has 0 bridgehead atoms. The van der Waals surface area contributed by atoms with Crippen molar-refractivity contribution in [2.45, 2.75) is 11.3 Å². The third-order valence-electron chi connectivity index (χ3n) is 4.49. The Kier molecular flexibility index (Phi) is 6.54. The third kappa shape index (κ3) is 5.00. The van der Waals surface area contributed by atoms with Gasteiger partial charge in [0.15, 0.2) is 27.9 Å². The van der Waals surface area contributed by atoms with E-state index in [1.165, 1.54) is 39.5 Å². The second-order valence-corrected chi connectivity index (χ2v) is 8.64. The van der Waals surface area contributed by atoms with E-state index >= 15 is 0 Å².